The van der Waals surface area contributed by atoms with Crippen LogP contribution in [0.3, 0.4) is 0 Å². The molecule has 2 heterocycles. The van der Waals surface area contributed by atoms with Gasteiger partial charge in [0.2, 0.25) is 11.8 Å². The molecule has 3 N–H and O–H groups in total. The fraction of sp³-hybridized carbons (Fsp3) is 0.875. The van der Waals surface area contributed by atoms with Crippen LogP contribution in [0.5, 0.6) is 0 Å². The zero-order chi connectivity index (χ0) is 15.5. The van der Waals surface area contributed by atoms with Gasteiger partial charge in [-0.05, 0) is 52.4 Å². The van der Waals surface area contributed by atoms with Gasteiger partial charge in [-0.2, -0.15) is 0 Å². The maximum atomic E-state index is 11.9. The van der Waals surface area contributed by atoms with Crippen molar-refractivity contribution in [3.05, 3.63) is 0 Å². The third kappa shape index (κ3) is 6.53. The van der Waals surface area contributed by atoms with Crippen molar-refractivity contribution in [2.45, 2.75) is 76.9 Å². The summed E-state index contributed by atoms with van der Waals surface area (Å²) < 4.78 is 0. The molecule has 22 heavy (non-hydrogen) atoms. The van der Waals surface area contributed by atoms with Crippen LogP contribution in [0.4, 0.5) is 0 Å². The van der Waals surface area contributed by atoms with E-state index in [2.05, 4.69) is 16.0 Å². The Morgan fingerprint density at radius 1 is 1.09 bits per heavy atom. The van der Waals surface area contributed by atoms with E-state index in [-0.39, 0.29) is 29.8 Å². The van der Waals surface area contributed by atoms with Crippen LogP contribution in [0, 0.1) is 5.92 Å². The van der Waals surface area contributed by atoms with Crippen LogP contribution in [0.15, 0.2) is 0 Å². The Hall–Kier alpha value is -0.810. The van der Waals surface area contributed by atoms with E-state index in [1.165, 1.54) is 12.8 Å². The molecule has 2 fully saturated rings. The highest BCUT2D eigenvalue weighted by Crippen LogP contribution is 2.32. The third-order valence-corrected chi connectivity index (χ3v) is 4.23. The standard InChI is InChI=1S/C16H29N3O2.ClH/c1-16(2,3)19-14(20)6-7-17-15(21)10-11-8-12-4-5-13(9-11)18-12;/h11-13,18H,4-10H2,1-3H3,(H,17,21)(H,19,20);1H. The van der Waals surface area contributed by atoms with Gasteiger partial charge in [-0.3, -0.25) is 9.59 Å². The van der Waals surface area contributed by atoms with Crippen LogP contribution in [0.2, 0.25) is 0 Å². The molecule has 0 aromatic heterocycles. The van der Waals surface area contributed by atoms with Crippen LogP contribution < -0.4 is 16.0 Å². The predicted octanol–water partition coefficient (Wildman–Crippen LogP) is 1.75. The molecule has 2 aliphatic rings. The second-order valence-corrected chi connectivity index (χ2v) is 7.58. The fourth-order valence-corrected chi connectivity index (χ4v) is 3.47. The lowest BCUT2D eigenvalue weighted by molar-refractivity contribution is -0.123. The second kappa shape index (κ2) is 8.16. The van der Waals surface area contributed by atoms with Crippen molar-refractivity contribution < 1.29 is 9.59 Å². The van der Waals surface area contributed by atoms with Gasteiger partial charge in [0, 0.05) is 37.0 Å². The van der Waals surface area contributed by atoms with Gasteiger partial charge >= 0.3 is 0 Å². The number of rotatable bonds is 5. The molecular formula is C16H30ClN3O2. The Morgan fingerprint density at radius 3 is 2.23 bits per heavy atom. The lowest BCUT2D eigenvalue weighted by atomic mass is 9.89. The number of hydrogen-bond acceptors (Lipinski definition) is 3. The molecule has 0 saturated carbocycles. The molecule has 6 heteroatoms. The van der Waals surface area contributed by atoms with E-state index in [4.69, 9.17) is 0 Å². The average Bonchev–Trinajstić information content (AvgIpc) is 2.66. The molecule has 0 aliphatic carbocycles. The highest BCUT2D eigenvalue weighted by Gasteiger charge is 2.34. The van der Waals surface area contributed by atoms with Gasteiger partial charge in [-0.15, -0.1) is 12.4 Å². The van der Waals surface area contributed by atoms with Gasteiger partial charge in [0.05, 0.1) is 0 Å². The Morgan fingerprint density at radius 2 is 1.68 bits per heavy atom. The molecule has 2 bridgehead atoms. The second-order valence-electron chi connectivity index (χ2n) is 7.58. The summed E-state index contributed by atoms with van der Waals surface area (Å²) in [6.45, 7) is 6.29. The molecule has 2 rings (SSSR count). The van der Waals surface area contributed by atoms with Crippen molar-refractivity contribution >= 4 is 24.2 Å². The van der Waals surface area contributed by atoms with Crippen molar-refractivity contribution in [2.24, 2.45) is 5.92 Å². The lowest BCUT2D eigenvalue weighted by Gasteiger charge is -2.28. The molecule has 0 spiro atoms. The van der Waals surface area contributed by atoms with Crippen LogP contribution in [0.25, 0.3) is 0 Å². The number of carbonyl (C=O) groups is 2. The summed E-state index contributed by atoms with van der Waals surface area (Å²) in [5, 5.41) is 9.36. The Labute approximate surface area is 139 Å². The molecular weight excluding hydrogens is 302 g/mol. The summed E-state index contributed by atoms with van der Waals surface area (Å²) in [7, 11) is 0. The topological polar surface area (TPSA) is 70.2 Å². The summed E-state index contributed by atoms with van der Waals surface area (Å²) in [6.07, 6.45) is 5.71. The van der Waals surface area contributed by atoms with E-state index in [1.807, 2.05) is 20.8 Å². The van der Waals surface area contributed by atoms with Crippen molar-refractivity contribution in [1.29, 1.82) is 0 Å². The Balaban J connectivity index is 0.00000242. The molecule has 0 aromatic rings. The van der Waals surface area contributed by atoms with Crippen molar-refractivity contribution in [3.63, 3.8) is 0 Å². The molecule has 2 aliphatic heterocycles. The molecule has 5 nitrogen and oxygen atoms in total. The van der Waals surface area contributed by atoms with Crippen LogP contribution in [0.1, 0.15) is 59.3 Å². The monoisotopic (exact) mass is 331 g/mol. The molecule has 0 radical (unpaired) electrons. The molecule has 2 atom stereocenters. The number of amides is 2. The molecule has 0 aromatic carbocycles. The first-order chi connectivity index (χ1) is 9.82. The molecule has 2 unspecified atom stereocenters. The molecule has 128 valence electrons. The van der Waals surface area contributed by atoms with E-state index in [9.17, 15) is 9.59 Å². The predicted molar refractivity (Wildman–Crippen MR) is 90.1 cm³/mol. The van der Waals surface area contributed by atoms with Crippen molar-refractivity contribution in [1.82, 2.24) is 16.0 Å². The summed E-state index contributed by atoms with van der Waals surface area (Å²) in [6, 6.07) is 1.25. The van der Waals surface area contributed by atoms with Gasteiger partial charge < -0.3 is 16.0 Å². The van der Waals surface area contributed by atoms with Gasteiger partial charge in [0.25, 0.3) is 0 Å². The summed E-state index contributed by atoms with van der Waals surface area (Å²) in [5.41, 5.74) is -0.213. The summed E-state index contributed by atoms with van der Waals surface area (Å²) in [4.78, 5) is 23.6. The third-order valence-electron chi connectivity index (χ3n) is 4.23. The number of hydrogen-bond donors (Lipinski definition) is 3. The quantitative estimate of drug-likeness (QED) is 0.719. The summed E-state index contributed by atoms with van der Waals surface area (Å²) in [5.74, 6) is 0.583. The Bertz CT molecular complexity index is 383. The summed E-state index contributed by atoms with van der Waals surface area (Å²) >= 11 is 0. The van der Waals surface area contributed by atoms with Gasteiger partial charge in [0.1, 0.15) is 0 Å². The average molecular weight is 332 g/mol. The number of fused-ring (bicyclic) bond motifs is 2. The maximum Gasteiger partial charge on any atom is 0.222 e. The molecule has 2 amide bonds. The van der Waals surface area contributed by atoms with Crippen LogP contribution in [-0.4, -0.2) is 36.0 Å². The first-order valence-electron chi connectivity index (χ1n) is 8.15. The smallest absolute Gasteiger partial charge is 0.222 e. The van der Waals surface area contributed by atoms with E-state index in [1.54, 1.807) is 0 Å². The van der Waals surface area contributed by atoms with E-state index in [0.717, 1.165) is 12.8 Å². The van der Waals surface area contributed by atoms with Crippen molar-refractivity contribution in [2.75, 3.05) is 6.54 Å². The van der Waals surface area contributed by atoms with Gasteiger partial charge in [-0.25, -0.2) is 0 Å². The minimum absolute atomic E-state index is 0. The minimum Gasteiger partial charge on any atom is -0.356 e. The number of carbonyl (C=O) groups excluding carboxylic acids is 2. The number of piperidine rings is 1. The van der Waals surface area contributed by atoms with Crippen molar-refractivity contribution in [3.8, 4) is 0 Å². The van der Waals surface area contributed by atoms with Gasteiger partial charge in [-0.1, -0.05) is 0 Å². The first kappa shape index (κ1) is 19.2. The van der Waals surface area contributed by atoms with Crippen LogP contribution in [-0.2, 0) is 9.59 Å². The number of nitrogens with one attached hydrogen (secondary N) is 3. The maximum absolute atomic E-state index is 11.9. The minimum atomic E-state index is -0.213. The van der Waals surface area contributed by atoms with E-state index in [0.29, 0.717) is 37.4 Å². The number of halogens is 1. The highest BCUT2D eigenvalue weighted by atomic mass is 35.5. The first-order valence-corrected chi connectivity index (χ1v) is 8.15. The highest BCUT2D eigenvalue weighted by molar-refractivity contribution is 5.85. The SMILES string of the molecule is CC(C)(C)NC(=O)CCNC(=O)CC1CC2CCC(C1)N2.Cl. The van der Waals surface area contributed by atoms with E-state index >= 15 is 0 Å². The van der Waals surface area contributed by atoms with Gasteiger partial charge in [0.15, 0.2) is 0 Å². The fourth-order valence-electron chi connectivity index (χ4n) is 3.47. The van der Waals surface area contributed by atoms with E-state index < -0.39 is 0 Å². The zero-order valence-electron chi connectivity index (χ0n) is 13.9. The normalized spacial score (nSPS) is 27.0. The largest absolute Gasteiger partial charge is 0.356 e. The lowest BCUT2D eigenvalue weighted by Crippen LogP contribution is -2.42. The van der Waals surface area contributed by atoms with Crippen LogP contribution >= 0.6 is 12.4 Å². The zero-order valence-corrected chi connectivity index (χ0v) is 14.7. The Kier molecular flexibility index (Phi) is 7.13. The molecule has 2 saturated heterocycles.